The molecule has 0 saturated carbocycles. The molecule has 1 N–H and O–H groups in total. The molecule has 0 aromatic heterocycles. The standard InChI is InChI=1S/C17H24N2O2/c1-14-12-18(2)9-4-10-19(14)13-16-6-3-5-15(11-16)7-8-17(20)21/h3,5-8,11,14H,4,9-10,12-13H2,1-2H3,(H,20,21)/b8-7+. The molecule has 4 heteroatoms. The van der Waals surface area contributed by atoms with Crippen LogP contribution in [0, 0.1) is 0 Å². The van der Waals surface area contributed by atoms with Crippen LogP contribution in [-0.2, 0) is 11.3 Å². The van der Waals surface area contributed by atoms with Crippen molar-refractivity contribution in [2.45, 2.75) is 25.9 Å². The molecule has 1 atom stereocenters. The number of nitrogens with zero attached hydrogens (tertiary/aromatic N) is 2. The molecule has 0 bridgehead atoms. The molecule has 1 unspecified atom stereocenters. The van der Waals surface area contributed by atoms with Crippen LogP contribution in [0.5, 0.6) is 0 Å². The van der Waals surface area contributed by atoms with Crippen molar-refractivity contribution in [3.63, 3.8) is 0 Å². The van der Waals surface area contributed by atoms with Gasteiger partial charge in [-0.15, -0.1) is 0 Å². The van der Waals surface area contributed by atoms with E-state index in [0.717, 1.165) is 31.7 Å². The van der Waals surface area contributed by atoms with Crippen molar-refractivity contribution in [3.8, 4) is 0 Å². The van der Waals surface area contributed by atoms with Gasteiger partial charge in [0.15, 0.2) is 0 Å². The molecule has 4 nitrogen and oxygen atoms in total. The molecule has 0 amide bonds. The van der Waals surface area contributed by atoms with Gasteiger partial charge < -0.3 is 10.0 Å². The summed E-state index contributed by atoms with van der Waals surface area (Å²) in [5.74, 6) is -0.912. The molecule has 0 aliphatic carbocycles. The van der Waals surface area contributed by atoms with Gasteiger partial charge in [0.25, 0.3) is 0 Å². The van der Waals surface area contributed by atoms with Gasteiger partial charge in [0.05, 0.1) is 0 Å². The maximum absolute atomic E-state index is 10.6. The lowest BCUT2D eigenvalue weighted by molar-refractivity contribution is -0.131. The highest BCUT2D eigenvalue weighted by Crippen LogP contribution is 2.15. The Morgan fingerprint density at radius 3 is 3.00 bits per heavy atom. The maximum atomic E-state index is 10.6. The minimum atomic E-state index is -0.912. The van der Waals surface area contributed by atoms with Crippen molar-refractivity contribution in [2.75, 3.05) is 26.7 Å². The zero-order valence-electron chi connectivity index (χ0n) is 12.8. The third-order valence-corrected chi connectivity index (χ3v) is 3.94. The third-order valence-electron chi connectivity index (χ3n) is 3.94. The van der Waals surface area contributed by atoms with Crippen LogP contribution >= 0.6 is 0 Å². The van der Waals surface area contributed by atoms with E-state index in [0.29, 0.717) is 6.04 Å². The second kappa shape index (κ2) is 7.38. The molecule has 2 rings (SSSR count). The number of hydrogen-bond acceptors (Lipinski definition) is 3. The second-order valence-electron chi connectivity index (χ2n) is 5.85. The fraction of sp³-hybridized carbons (Fsp3) is 0.471. The first kappa shape index (κ1) is 15.7. The Labute approximate surface area is 126 Å². The maximum Gasteiger partial charge on any atom is 0.328 e. The van der Waals surface area contributed by atoms with Crippen LogP contribution in [0.25, 0.3) is 6.08 Å². The Bertz CT molecular complexity index is 513. The lowest BCUT2D eigenvalue weighted by atomic mass is 10.1. The van der Waals surface area contributed by atoms with Gasteiger partial charge in [-0.25, -0.2) is 4.79 Å². The Balaban J connectivity index is 2.05. The van der Waals surface area contributed by atoms with Crippen molar-refractivity contribution in [2.24, 2.45) is 0 Å². The first-order valence-electron chi connectivity index (χ1n) is 7.47. The average molecular weight is 288 g/mol. The first-order chi connectivity index (χ1) is 10.0. The summed E-state index contributed by atoms with van der Waals surface area (Å²) in [6, 6.07) is 8.64. The van der Waals surface area contributed by atoms with Gasteiger partial charge in [-0.2, -0.15) is 0 Å². The van der Waals surface area contributed by atoms with E-state index < -0.39 is 5.97 Å². The van der Waals surface area contributed by atoms with Crippen molar-refractivity contribution in [3.05, 3.63) is 41.5 Å². The van der Waals surface area contributed by atoms with Crippen LogP contribution in [0.3, 0.4) is 0 Å². The molecule has 0 spiro atoms. The first-order valence-corrected chi connectivity index (χ1v) is 7.47. The van der Waals surface area contributed by atoms with E-state index in [9.17, 15) is 4.79 Å². The lowest BCUT2D eigenvalue weighted by Gasteiger charge is -2.28. The number of hydrogen-bond donors (Lipinski definition) is 1. The molecule has 1 aliphatic heterocycles. The topological polar surface area (TPSA) is 43.8 Å². The van der Waals surface area contributed by atoms with Crippen molar-refractivity contribution >= 4 is 12.0 Å². The summed E-state index contributed by atoms with van der Waals surface area (Å²) >= 11 is 0. The molecule has 1 aromatic carbocycles. The number of carboxylic acid groups (broad SMARTS) is 1. The van der Waals surface area contributed by atoms with Gasteiger partial charge in [-0.05, 0) is 44.1 Å². The molecule has 21 heavy (non-hydrogen) atoms. The highest BCUT2D eigenvalue weighted by molar-refractivity contribution is 5.85. The van der Waals surface area contributed by atoms with Gasteiger partial charge in [-0.1, -0.05) is 24.3 Å². The van der Waals surface area contributed by atoms with E-state index in [1.54, 1.807) is 6.08 Å². The normalized spacial score (nSPS) is 21.5. The monoisotopic (exact) mass is 288 g/mol. The summed E-state index contributed by atoms with van der Waals surface area (Å²) in [4.78, 5) is 15.5. The minimum Gasteiger partial charge on any atom is -0.478 e. The Hall–Kier alpha value is -1.65. The molecule has 114 valence electrons. The number of rotatable bonds is 4. The average Bonchev–Trinajstić information content (AvgIpc) is 2.59. The van der Waals surface area contributed by atoms with Crippen molar-refractivity contribution < 1.29 is 9.90 Å². The summed E-state index contributed by atoms with van der Waals surface area (Å²) in [5, 5.41) is 8.70. The lowest BCUT2D eigenvalue weighted by Crippen LogP contribution is -2.37. The SMILES string of the molecule is CC1CN(C)CCCN1Cc1cccc(/C=C/C(=O)O)c1. The van der Waals surface area contributed by atoms with Gasteiger partial charge >= 0.3 is 5.97 Å². The fourth-order valence-electron chi connectivity index (χ4n) is 2.85. The summed E-state index contributed by atoms with van der Waals surface area (Å²) in [6.45, 7) is 6.56. The van der Waals surface area contributed by atoms with Crippen LogP contribution in [-0.4, -0.2) is 53.6 Å². The molecule has 1 aromatic rings. The molecule has 1 fully saturated rings. The summed E-state index contributed by atoms with van der Waals surface area (Å²) in [6.07, 6.45) is 4.02. The summed E-state index contributed by atoms with van der Waals surface area (Å²) < 4.78 is 0. The van der Waals surface area contributed by atoms with Gasteiger partial charge in [0, 0.05) is 31.8 Å². The molecule has 1 saturated heterocycles. The Morgan fingerprint density at radius 1 is 1.43 bits per heavy atom. The fourth-order valence-corrected chi connectivity index (χ4v) is 2.85. The van der Waals surface area contributed by atoms with Crippen LogP contribution in [0.2, 0.25) is 0 Å². The van der Waals surface area contributed by atoms with Gasteiger partial charge in [0.1, 0.15) is 0 Å². The Morgan fingerprint density at radius 2 is 2.24 bits per heavy atom. The highest BCUT2D eigenvalue weighted by atomic mass is 16.4. The van der Waals surface area contributed by atoms with E-state index in [4.69, 9.17) is 5.11 Å². The molecule has 1 heterocycles. The number of aliphatic carboxylic acids is 1. The summed E-state index contributed by atoms with van der Waals surface area (Å²) in [7, 11) is 2.18. The van der Waals surface area contributed by atoms with Gasteiger partial charge in [0.2, 0.25) is 0 Å². The van der Waals surface area contributed by atoms with Crippen molar-refractivity contribution in [1.82, 2.24) is 9.80 Å². The molecular weight excluding hydrogens is 264 g/mol. The predicted molar refractivity (Wildman–Crippen MR) is 85.1 cm³/mol. The number of likely N-dealkylation sites (N-methyl/N-ethyl adjacent to an activating group) is 1. The zero-order valence-corrected chi connectivity index (χ0v) is 12.8. The predicted octanol–water partition coefficient (Wildman–Crippen LogP) is 2.31. The highest BCUT2D eigenvalue weighted by Gasteiger charge is 2.19. The summed E-state index contributed by atoms with van der Waals surface area (Å²) in [5.41, 5.74) is 2.17. The second-order valence-corrected chi connectivity index (χ2v) is 5.85. The zero-order chi connectivity index (χ0) is 15.2. The van der Waals surface area contributed by atoms with E-state index in [1.807, 2.05) is 12.1 Å². The van der Waals surface area contributed by atoms with Crippen LogP contribution < -0.4 is 0 Å². The van der Waals surface area contributed by atoms with Crippen LogP contribution in [0.4, 0.5) is 0 Å². The molecule has 0 radical (unpaired) electrons. The third kappa shape index (κ3) is 4.99. The van der Waals surface area contributed by atoms with E-state index in [1.165, 1.54) is 18.1 Å². The number of carboxylic acids is 1. The van der Waals surface area contributed by atoms with E-state index >= 15 is 0 Å². The van der Waals surface area contributed by atoms with Gasteiger partial charge in [-0.3, -0.25) is 4.90 Å². The van der Waals surface area contributed by atoms with Crippen LogP contribution in [0.15, 0.2) is 30.3 Å². The molecular formula is C17H24N2O2. The Kier molecular flexibility index (Phi) is 5.53. The van der Waals surface area contributed by atoms with E-state index in [2.05, 4.69) is 35.9 Å². The van der Waals surface area contributed by atoms with E-state index in [-0.39, 0.29) is 0 Å². The smallest absolute Gasteiger partial charge is 0.328 e. The quantitative estimate of drug-likeness (QED) is 0.864. The number of benzene rings is 1. The van der Waals surface area contributed by atoms with Crippen molar-refractivity contribution in [1.29, 1.82) is 0 Å². The molecule has 1 aliphatic rings. The largest absolute Gasteiger partial charge is 0.478 e. The number of carbonyl (C=O) groups is 1. The minimum absolute atomic E-state index is 0.538. The van der Waals surface area contributed by atoms with Crippen LogP contribution in [0.1, 0.15) is 24.5 Å².